The van der Waals surface area contributed by atoms with Crippen LogP contribution in [0.2, 0.25) is 0 Å². The maximum absolute atomic E-state index is 14.9. The van der Waals surface area contributed by atoms with E-state index in [4.69, 9.17) is 22.6 Å². The van der Waals surface area contributed by atoms with Crippen LogP contribution < -0.4 is 86.3 Å². The van der Waals surface area contributed by atoms with Crippen LogP contribution in [-0.2, 0) is 114 Å². The molecule has 710 valence electrons. The Kier molecular flexibility index (Phi) is 38.3. The van der Waals surface area contributed by atoms with Crippen LogP contribution in [0.1, 0.15) is 140 Å². The monoisotopic (exact) mass is 1830 g/mol. The third-order valence-electron chi connectivity index (χ3n) is 21.8. The van der Waals surface area contributed by atoms with Crippen molar-refractivity contribution in [3.05, 3.63) is 121 Å². The van der Waals surface area contributed by atoms with E-state index in [1.807, 2.05) is 0 Å². The molecule has 2 aromatic carbocycles. The number of H-pyrrole nitrogens is 4. The zero-order chi connectivity index (χ0) is 95.9. The summed E-state index contributed by atoms with van der Waals surface area (Å²) in [5.41, 5.74) is 19.4. The van der Waals surface area contributed by atoms with Crippen LogP contribution in [0.15, 0.2) is 92.3 Å². The van der Waals surface area contributed by atoms with Gasteiger partial charge in [-0.15, -0.1) is 0 Å². The number of phenolic OH excluding ortho intramolecular Hbond substituents is 1. The maximum atomic E-state index is 14.9. The molecule has 0 unspecified atom stereocenters. The summed E-state index contributed by atoms with van der Waals surface area (Å²) in [4.78, 5) is 264. The Labute approximate surface area is 751 Å². The Morgan fingerprint density at radius 1 is 0.496 bits per heavy atom. The van der Waals surface area contributed by atoms with Gasteiger partial charge in [-0.2, -0.15) is 0 Å². The number of aliphatic carboxylic acids is 2. The van der Waals surface area contributed by atoms with Crippen molar-refractivity contribution >= 4 is 117 Å². The number of nitrogens with two attached hydrogens (primary N) is 3. The molecule has 2 aliphatic rings. The zero-order valence-corrected chi connectivity index (χ0v) is 73.3. The number of aromatic amines is 4. The number of primary amides is 1. The number of rotatable bonds is 51. The van der Waals surface area contributed by atoms with Crippen LogP contribution >= 0.6 is 0 Å². The SMILES string of the molecule is CC(C)C[C@H](NC(=O)[C@H](Cc1c[nH]cn1)NC(=O)[C@H](C)NC(=O)[C@H](Cc1c[nH]cn1)NC(=O)[C@H](Cc1ccc(O)cc1)NC(=O)[C@@H](N)[C@@H](C)O)C(=O)N[C@@H](CCC(N)=O)C(=O)NCC(=O)N[C@@H](Cc1c[nH]cn1)C(=O)N1CCC[C@H]1C(=O)N[C@@H](CC(=O)O)C(=O)N[C@@H](CC(C)C)C(=O)N1CCC[C@H]1C(=O)N[C@@H](CCCNC(=N)N)C(=O)N[C@@H](Cc1c[nH]c2ccccc12)C(=O)O. The summed E-state index contributed by atoms with van der Waals surface area (Å²) in [6, 6.07) is -8.08. The van der Waals surface area contributed by atoms with E-state index in [1.165, 1.54) is 80.6 Å². The van der Waals surface area contributed by atoms with Crippen LogP contribution in [0, 0.1) is 17.2 Å². The van der Waals surface area contributed by atoms with Crippen molar-refractivity contribution in [2.75, 3.05) is 26.2 Å². The van der Waals surface area contributed by atoms with Gasteiger partial charge in [0.2, 0.25) is 88.6 Å². The number of likely N-dealkylation sites (tertiary alicyclic amines) is 2. The molecule has 0 saturated carbocycles. The highest BCUT2D eigenvalue weighted by Gasteiger charge is 2.44. The molecular formula is C84H118N26O21. The molecule has 6 aromatic rings. The predicted molar refractivity (Wildman–Crippen MR) is 466 cm³/mol. The van der Waals surface area contributed by atoms with E-state index in [-0.39, 0.29) is 144 Å². The largest absolute Gasteiger partial charge is 0.508 e. The fraction of sp³-hybridized carbons (Fsp3) is 0.512. The summed E-state index contributed by atoms with van der Waals surface area (Å²) in [6.45, 7) is 8.47. The number of imidazole rings is 3. The molecule has 0 spiro atoms. The molecule has 47 heteroatoms. The number of guanidine groups is 1. The van der Waals surface area contributed by atoms with Crippen LogP contribution in [0.4, 0.5) is 0 Å². The average Bonchev–Trinajstić information content (AvgIpc) is 1.74. The molecular weight excluding hydrogens is 1710 g/mol. The average molecular weight is 1830 g/mol. The number of nitrogens with one attached hydrogen (secondary N) is 18. The highest BCUT2D eigenvalue weighted by molar-refractivity contribution is 6.01. The van der Waals surface area contributed by atoms with E-state index < -0.39 is 217 Å². The van der Waals surface area contributed by atoms with Crippen molar-refractivity contribution in [1.82, 2.24) is 114 Å². The summed E-state index contributed by atoms with van der Waals surface area (Å²) >= 11 is 0. The minimum absolute atomic E-state index is 0.0116. The third kappa shape index (κ3) is 31.5. The van der Waals surface area contributed by atoms with Gasteiger partial charge in [-0.25, -0.2) is 19.7 Å². The summed E-state index contributed by atoms with van der Waals surface area (Å²) < 4.78 is 0. The van der Waals surface area contributed by atoms with Crippen molar-refractivity contribution in [2.45, 2.75) is 235 Å². The number of carboxylic acids is 2. The summed E-state index contributed by atoms with van der Waals surface area (Å²) in [7, 11) is 0. The highest BCUT2D eigenvalue weighted by atomic mass is 16.4. The lowest BCUT2D eigenvalue weighted by atomic mass is 10.0. The smallest absolute Gasteiger partial charge is 0.326 e. The minimum atomic E-state index is -1.89. The minimum Gasteiger partial charge on any atom is -0.508 e. The molecule has 2 aliphatic heterocycles. The predicted octanol–water partition coefficient (Wildman–Crippen LogP) is -5.10. The number of hydrogen-bond acceptors (Lipinski definition) is 24. The first-order valence-corrected chi connectivity index (χ1v) is 42.9. The Morgan fingerprint density at radius 3 is 1.50 bits per heavy atom. The Balaban J connectivity index is 0.906. The summed E-state index contributed by atoms with van der Waals surface area (Å²) in [6.07, 6.45) is 5.62. The van der Waals surface area contributed by atoms with Gasteiger partial charge < -0.3 is 136 Å². The molecule has 28 N–H and O–H groups in total. The van der Waals surface area contributed by atoms with Gasteiger partial charge >= 0.3 is 11.9 Å². The van der Waals surface area contributed by atoms with Gasteiger partial charge in [0.1, 0.15) is 90.3 Å². The molecule has 0 bridgehead atoms. The standard InChI is InChI=1S/C84H118N26O21/c1-42(2)26-56(103-76(123)59(31-49-36-90-40-96-49)102-70(117)44(5)98-73(120)58(30-48-35-89-39-95-48)104-75(122)57(106-80(127)69(86)45(6)111)28-46-17-19-51(112)20-18-46)74(121)100-55(21-22-66(85)113)71(118)94-38-67(114)99-62(32-50-37-91-41-97-50)82(129)110-25-11-16-65(110)79(126)105-60(33-68(115)116)77(124)107-61(27-43(3)4)81(128)109-24-10-15-64(109)78(125)101-54(14-9-23-92-84(87)88)72(119)108-63(83(130)131)29-47-34-93-53-13-8-7-12-52(47)53/h7-8,12-13,17-20,34-37,39-45,54-65,69,93,111-112H,9-11,14-16,21-33,38,86H2,1-6H3,(H2,85,113)(H,89,95)(H,90,96)(H,91,97)(H,94,118)(H,98,120)(H,99,114)(H,100,121)(H,101,125)(H,102,117)(H,103,123)(H,104,122)(H,105,126)(H,106,127)(H,107,124)(H,108,119)(H,115,116)(H,130,131)(H4,87,88,92)/t44-,45+,54-,55-,56-,57-,58-,59-,60-,61-,62-,63-,64-,65-,69-/m0/s1. The molecule has 2 fully saturated rings. The lowest BCUT2D eigenvalue weighted by molar-refractivity contribution is -0.145. The van der Waals surface area contributed by atoms with Crippen molar-refractivity contribution in [2.24, 2.45) is 29.0 Å². The number of carboxylic acid groups (broad SMARTS) is 2. The van der Waals surface area contributed by atoms with Gasteiger partial charge in [-0.05, 0) is 113 Å². The van der Waals surface area contributed by atoms with Gasteiger partial charge in [-0.3, -0.25) is 82.1 Å². The van der Waals surface area contributed by atoms with Crippen LogP contribution in [0.25, 0.3) is 10.9 Å². The van der Waals surface area contributed by atoms with E-state index in [9.17, 15) is 102 Å². The molecule has 6 heterocycles. The van der Waals surface area contributed by atoms with Crippen LogP contribution in [0.5, 0.6) is 5.75 Å². The first-order chi connectivity index (χ1) is 62.2. The number of aromatic nitrogens is 7. The molecule has 2 saturated heterocycles. The first-order valence-electron chi connectivity index (χ1n) is 42.9. The first kappa shape index (κ1) is 102. The van der Waals surface area contributed by atoms with E-state index in [1.54, 1.807) is 58.2 Å². The van der Waals surface area contributed by atoms with Crippen molar-refractivity contribution in [1.29, 1.82) is 5.41 Å². The van der Waals surface area contributed by atoms with Gasteiger partial charge in [0, 0.05) is 93.8 Å². The van der Waals surface area contributed by atoms with Gasteiger partial charge in [0.25, 0.3) is 0 Å². The number of aliphatic hydroxyl groups excluding tert-OH is 1. The topological polar surface area (TPSA) is 738 Å². The Hall–Kier alpha value is -14.4. The fourth-order valence-electron chi connectivity index (χ4n) is 15.0. The second-order valence-corrected chi connectivity index (χ2v) is 33.2. The molecule has 0 radical (unpaired) electrons. The number of para-hydroxylation sites is 1. The molecule has 15 amide bonds. The molecule has 0 aliphatic carbocycles. The van der Waals surface area contributed by atoms with Gasteiger partial charge in [0.15, 0.2) is 5.96 Å². The molecule has 47 nitrogen and oxygen atoms in total. The Bertz CT molecular complexity index is 4970. The second-order valence-electron chi connectivity index (χ2n) is 33.2. The van der Waals surface area contributed by atoms with Crippen LogP contribution in [-0.4, -0.2) is 288 Å². The normalized spacial score (nSPS) is 16.6. The second kappa shape index (κ2) is 49.2. The number of hydrogen-bond donors (Lipinski definition) is 25. The number of amides is 15. The zero-order valence-electron chi connectivity index (χ0n) is 73.3. The van der Waals surface area contributed by atoms with E-state index in [0.717, 1.165) is 15.8 Å². The van der Waals surface area contributed by atoms with E-state index >= 15 is 0 Å². The van der Waals surface area contributed by atoms with E-state index in [2.05, 4.69) is 104 Å². The lowest BCUT2D eigenvalue weighted by Gasteiger charge is -2.32. The number of phenols is 1. The molecule has 4 aromatic heterocycles. The van der Waals surface area contributed by atoms with E-state index in [0.29, 0.717) is 11.1 Å². The lowest BCUT2D eigenvalue weighted by Crippen LogP contribution is -2.60. The van der Waals surface area contributed by atoms with Crippen molar-refractivity contribution in [3.63, 3.8) is 0 Å². The van der Waals surface area contributed by atoms with Gasteiger partial charge in [0.05, 0.1) is 55.1 Å². The number of nitrogens with zero attached hydrogens (tertiary/aromatic N) is 5. The fourth-order valence-corrected chi connectivity index (χ4v) is 15.0. The summed E-state index contributed by atoms with van der Waals surface area (Å²) in [5.74, 6) is -18.2. The quantitative estimate of drug-likeness (QED) is 0.00965. The number of benzene rings is 2. The number of aromatic hydroxyl groups is 1. The number of aliphatic hydroxyl groups is 1. The van der Waals surface area contributed by atoms with Crippen molar-refractivity contribution < 1.29 is 102 Å². The molecule has 8 rings (SSSR count). The number of fused-ring (bicyclic) bond motifs is 1. The van der Waals surface area contributed by atoms with Gasteiger partial charge in [-0.1, -0.05) is 58.0 Å². The van der Waals surface area contributed by atoms with Crippen LogP contribution in [0.3, 0.4) is 0 Å². The molecule has 15 atom stereocenters. The number of carbonyl (C=O) groups is 17. The third-order valence-corrected chi connectivity index (χ3v) is 21.8. The molecule has 131 heavy (non-hydrogen) atoms. The summed E-state index contributed by atoms with van der Waals surface area (Å²) in [5, 5.41) is 82.0. The van der Waals surface area contributed by atoms with Crippen molar-refractivity contribution in [3.8, 4) is 5.75 Å². The maximum Gasteiger partial charge on any atom is 0.326 e. The number of carbonyl (C=O) groups excluding carboxylic acids is 15. The highest BCUT2D eigenvalue weighted by Crippen LogP contribution is 2.25. The Morgan fingerprint density at radius 2 is 0.962 bits per heavy atom.